The minimum Gasteiger partial charge on any atom is -0.349 e. The highest BCUT2D eigenvalue weighted by Crippen LogP contribution is 2.35. The molecule has 0 unspecified atom stereocenters. The number of nitrogens with zero attached hydrogens (tertiary/aromatic N) is 4. The fourth-order valence-corrected chi connectivity index (χ4v) is 2.69. The van der Waals surface area contributed by atoms with Gasteiger partial charge >= 0.3 is 0 Å². The summed E-state index contributed by atoms with van der Waals surface area (Å²) in [5.74, 6) is -0.0490. The van der Waals surface area contributed by atoms with Gasteiger partial charge in [-0.3, -0.25) is 4.79 Å². The van der Waals surface area contributed by atoms with Gasteiger partial charge in [-0.1, -0.05) is 13.8 Å². The van der Waals surface area contributed by atoms with E-state index in [1.807, 2.05) is 0 Å². The van der Waals surface area contributed by atoms with Crippen LogP contribution in [-0.4, -0.2) is 32.0 Å². The molecule has 1 saturated carbocycles. The number of nitrogens with one attached hydrogen (secondary N) is 1. The van der Waals surface area contributed by atoms with E-state index >= 15 is 0 Å². The highest BCUT2D eigenvalue weighted by atomic mass is 16.1. The van der Waals surface area contributed by atoms with Gasteiger partial charge in [-0.2, -0.15) is 4.52 Å². The molecular formula is C14H19N5O. The van der Waals surface area contributed by atoms with Crippen LogP contribution in [0.4, 0.5) is 0 Å². The third-order valence-electron chi connectivity index (χ3n) is 4.13. The first-order chi connectivity index (χ1) is 9.53. The fourth-order valence-electron chi connectivity index (χ4n) is 2.69. The van der Waals surface area contributed by atoms with Crippen molar-refractivity contribution in [1.82, 2.24) is 25.4 Å². The van der Waals surface area contributed by atoms with Crippen LogP contribution in [0.25, 0.3) is 5.65 Å². The molecule has 6 nitrogen and oxygen atoms in total. The molecule has 0 atom stereocenters. The third kappa shape index (κ3) is 2.64. The average Bonchev–Trinajstić information content (AvgIpc) is 2.88. The zero-order valence-corrected chi connectivity index (χ0v) is 11.8. The summed E-state index contributed by atoms with van der Waals surface area (Å²) in [4.78, 5) is 12.2. The molecule has 0 aromatic carbocycles. The van der Waals surface area contributed by atoms with E-state index in [4.69, 9.17) is 0 Å². The van der Waals surface area contributed by atoms with Crippen LogP contribution in [0.3, 0.4) is 0 Å². The molecule has 106 valence electrons. The Balaban J connectivity index is 1.67. The normalized spacial score (nSPS) is 19.1. The maximum atomic E-state index is 12.2. The van der Waals surface area contributed by atoms with E-state index in [1.54, 1.807) is 18.3 Å². The zero-order valence-electron chi connectivity index (χ0n) is 11.8. The minimum absolute atomic E-state index is 0.0490. The van der Waals surface area contributed by atoms with Crippen molar-refractivity contribution in [2.75, 3.05) is 0 Å². The smallest absolute Gasteiger partial charge is 0.253 e. The van der Waals surface area contributed by atoms with Crippen LogP contribution < -0.4 is 5.32 Å². The first kappa shape index (κ1) is 13.0. The van der Waals surface area contributed by atoms with Crippen molar-refractivity contribution in [3.63, 3.8) is 0 Å². The van der Waals surface area contributed by atoms with E-state index in [2.05, 4.69) is 34.7 Å². The molecule has 2 aromatic heterocycles. The number of aromatic nitrogens is 4. The van der Waals surface area contributed by atoms with Crippen molar-refractivity contribution >= 4 is 11.6 Å². The van der Waals surface area contributed by atoms with E-state index in [-0.39, 0.29) is 11.9 Å². The lowest BCUT2D eigenvalue weighted by Crippen LogP contribution is -2.39. The van der Waals surface area contributed by atoms with Crippen LogP contribution in [0, 0.1) is 5.41 Å². The van der Waals surface area contributed by atoms with Gasteiger partial charge in [0.05, 0.1) is 5.56 Å². The SMILES string of the molecule is CC1(C)CCC(NC(=O)c2ccc3nnnn3c2)CC1. The number of rotatable bonds is 2. The molecule has 0 bridgehead atoms. The van der Waals surface area contributed by atoms with Crippen molar-refractivity contribution in [3.05, 3.63) is 23.9 Å². The molecular weight excluding hydrogens is 254 g/mol. The van der Waals surface area contributed by atoms with Gasteiger partial charge in [0.25, 0.3) is 5.91 Å². The average molecular weight is 273 g/mol. The van der Waals surface area contributed by atoms with Crippen molar-refractivity contribution in [1.29, 1.82) is 0 Å². The second-order valence-electron chi connectivity index (χ2n) is 6.31. The molecule has 0 saturated heterocycles. The Bertz CT molecular complexity index is 623. The van der Waals surface area contributed by atoms with Crippen LogP contribution in [0.5, 0.6) is 0 Å². The maximum Gasteiger partial charge on any atom is 0.253 e. The zero-order chi connectivity index (χ0) is 14.2. The standard InChI is InChI=1S/C14H19N5O/c1-14(2)7-5-11(6-8-14)15-13(20)10-3-4-12-16-17-18-19(12)9-10/h3-4,9,11H,5-8H2,1-2H3,(H,15,20). The predicted molar refractivity (Wildman–Crippen MR) is 74.3 cm³/mol. The second kappa shape index (κ2) is 4.85. The Morgan fingerprint density at radius 1 is 1.35 bits per heavy atom. The summed E-state index contributed by atoms with van der Waals surface area (Å²) >= 11 is 0. The lowest BCUT2D eigenvalue weighted by molar-refractivity contribution is 0.0908. The van der Waals surface area contributed by atoms with Crippen LogP contribution in [0.2, 0.25) is 0 Å². The molecule has 2 aromatic rings. The van der Waals surface area contributed by atoms with E-state index in [9.17, 15) is 4.79 Å². The molecule has 6 heteroatoms. The number of fused-ring (bicyclic) bond motifs is 1. The number of carbonyl (C=O) groups is 1. The molecule has 1 fully saturated rings. The van der Waals surface area contributed by atoms with Gasteiger partial charge < -0.3 is 5.32 Å². The highest BCUT2D eigenvalue weighted by Gasteiger charge is 2.27. The Morgan fingerprint density at radius 2 is 2.10 bits per heavy atom. The van der Waals surface area contributed by atoms with E-state index in [1.165, 1.54) is 4.52 Å². The van der Waals surface area contributed by atoms with Crippen molar-refractivity contribution in [2.45, 2.75) is 45.6 Å². The summed E-state index contributed by atoms with van der Waals surface area (Å²) in [6.45, 7) is 4.58. The van der Waals surface area contributed by atoms with Crippen LogP contribution in [-0.2, 0) is 0 Å². The van der Waals surface area contributed by atoms with Gasteiger partial charge in [-0.15, -0.1) is 5.10 Å². The van der Waals surface area contributed by atoms with Gasteiger partial charge in [0.1, 0.15) is 0 Å². The Labute approximate surface area is 117 Å². The lowest BCUT2D eigenvalue weighted by Gasteiger charge is -2.34. The molecule has 20 heavy (non-hydrogen) atoms. The van der Waals surface area contributed by atoms with Gasteiger partial charge in [0.2, 0.25) is 0 Å². The van der Waals surface area contributed by atoms with Gasteiger partial charge in [-0.05, 0) is 53.7 Å². The molecule has 2 heterocycles. The predicted octanol–water partition coefficient (Wildman–Crippen LogP) is 1.82. The Morgan fingerprint density at radius 3 is 2.85 bits per heavy atom. The lowest BCUT2D eigenvalue weighted by atomic mass is 9.75. The first-order valence-corrected chi connectivity index (χ1v) is 7.02. The van der Waals surface area contributed by atoms with Gasteiger partial charge in [0, 0.05) is 12.2 Å². The highest BCUT2D eigenvalue weighted by molar-refractivity contribution is 5.94. The monoisotopic (exact) mass is 273 g/mol. The molecule has 1 aliphatic rings. The molecule has 0 radical (unpaired) electrons. The number of hydrogen-bond donors (Lipinski definition) is 1. The number of pyridine rings is 1. The molecule has 3 rings (SSSR count). The Kier molecular flexibility index (Phi) is 3.16. The third-order valence-corrected chi connectivity index (χ3v) is 4.13. The largest absolute Gasteiger partial charge is 0.349 e. The van der Waals surface area contributed by atoms with Crippen molar-refractivity contribution < 1.29 is 4.79 Å². The summed E-state index contributed by atoms with van der Waals surface area (Å²) in [6, 6.07) is 3.78. The number of hydrogen-bond acceptors (Lipinski definition) is 4. The maximum absolute atomic E-state index is 12.2. The van der Waals surface area contributed by atoms with Crippen LogP contribution in [0.1, 0.15) is 49.9 Å². The van der Waals surface area contributed by atoms with Gasteiger partial charge in [0.15, 0.2) is 5.65 Å². The first-order valence-electron chi connectivity index (χ1n) is 7.02. The fraction of sp³-hybridized carbons (Fsp3) is 0.571. The molecule has 0 aliphatic heterocycles. The minimum atomic E-state index is -0.0490. The van der Waals surface area contributed by atoms with Crippen molar-refractivity contribution in [2.24, 2.45) is 5.41 Å². The van der Waals surface area contributed by atoms with Crippen LogP contribution >= 0.6 is 0 Å². The van der Waals surface area contributed by atoms with Crippen LogP contribution in [0.15, 0.2) is 18.3 Å². The number of amides is 1. The van der Waals surface area contributed by atoms with E-state index < -0.39 is 0 Å². The van der Waals surface area contributed by atoms with E-state index in [0.29, 0.717) is 16.6 Å². The Hall–Kier alpha value is -1.98. The molecule has 1 N–H and O–H groups in total. The summed E-state index contributed by atoms with van der Waals surface area (Å²) in [5.41, 5.74) is 1.64. The molecule has 1 amide bonds. The second-order valence-corrected chi connectivity index (χ2v) is 6.31. The number of carbonyl (C=O) groups excluding carboxylic acids is 1. The summed E-state index contributed by atoms with van der Waals surface area (Å²) < 4.78 is 1.51. The topological polar surface area (TPSA) is 72.2 Å². The van der Waals surface area contributed by atoms with Crippen molar-refractivity contribution in [3.8, 4) is 0 Å². The van der Waals surface area contributed by atoms with E-state index in [0.717, 1.165) is 25.7 Å². The van der Waals surface area contributed by atoms with Gasteiger partial charge in [-0.25, -0.2) is 0 Å². The molecule has 1 aliphatic carbocycles. The molecule has 0 spiro atoms. The summed E-state index contributed by atoms with van der Waals surface area (Å²) in [6.07, 6.45) is 6.07. The summed E-state index contributed by atoms with van der Waals surface area (Å²) in [5, 5.41) is 14.3. The summed E-state index contributed by atoms with van der Waals surface area (Å²) in [7, 11) is 0. The number of tetrazole rings is 1. The quantitative estimate of drug-likeness (QED) is 0.906.